The van der Waals surface area contributed by atoms with Gasteiger partial charge in [0.25, 0.3) is 0 Å². The zero-order valence-corrected chi connectivity index (χ0v) is 13.0. The molecule has 2 heterocycles. The van der Waals surface area contributed by atoms with Gasteiger partial charge in [0.1, 0.15) is 5.75 Å². The number of esters is 1. The average molecular weight is 310 g/mol. The van der Waals surface area contributed by atoms with Crippen molar-refractivity contribution >= 4 is 17.6 Å². The fraction of sp³-hybridized carbons (Fsp3) is 0.562. The van der Waals surface area contributed by atoms with Gasteiger partial charge in [0.2, 0.25) is 0 Å². The molecule has 0 N–H and O–H groups in total. The van der Waals surface area contributed by atoms with Gasteiger partial charge in [-0.05, 0) is 37.1 Å². The first-order valence-electron chi connectivity index (χ1n) is 7.41. The van der Waals surface area contributed by atoms with Gasteiger partial charge in [-0.2, -0.15) is 0 Å². The van der Waals surface area contributed by atoms with Crippen molar-refractivity contribution in [3.8, 4) is 5.75 Å². The second kappa shape index (κ2) is 6.24. The van der Waals surface area contributed by atoms with Crippen LogP contribution in [0.3, 0.4) is 0 Å². The molecule has 0 aliphatic carbocycles. The average Bonchev–Trinajstić information content (AvgIpc) is 2.95. The van der Waals surface area contributed by atoms with Gasteiger partial charge in [0, 0.05) is 30.1 Å². The molecule has 1 aromatic rings. The fourth-order valence-corrected chi connectivity index (χ4v) is 3.53. The number of nitrogens with zero attached hydrogens (tertiary/aromatic N) is 1. The maximum absolute atomic E-state index is 11.7. The zero-order valence-electron chi connectivity index (χ0n) is 12.2. The summed E-state index contributed by atoms with van der Waals surface area (Å²) in [7, 11) is 1.46. The van der Waals surface area contributed by atoms with E-state index in [1.807, 2.05) is 12.1 Å². The van der Waals surface area contributed by atoms with Gasteiger partial charge in [-0.25, -0.2) is 0 Å². The quantitative estimate of drug-likeness (QED) is 0.805. The summed E-state index contributed by atoms with van der Waals surface area (Å²) in [6.45, 7) is 3.24. The Hall–Kier alpha value is -1.26. The van der Waals surface area contributed by atoms with Gasteiger partial charge in [0.15, 0.2) is 0 Å². The molecule has 0 radical (unpaired) electrons. The first kappa shape index (κ1) is 14.7. The molecule has 4 nitrogen and oxygen atoms in total. The van der Waals surface area contributed by atoms with Crippen LogP contribution in [0.25, 0.3) is 0 Å². The SMILES string of the molecule is COC(=O)[C@H]1CCCN(Cc2cc(Cl)cc3c2OCC3)C1. The Morgan fingerprint density at radius 2 is 2.38 bits per heavy atom. The molecule has 1 fully saturated rings. The molecule has 5 heteroatoms. The summed E-state index contributed by atoms with van der Waals surface area (Å²) in [6, 6.07) is 3.97. The lowest BCUT2D eigenvalue weighted by Crippen LogP contribution is -2.38. The fourth-order valence-electron chi connectivity index (χ4n) is 3.26. The van der Waals surface area contributed by atoms with Gasteiger partial charge in [0.05, 0.1) is 19.6 Å². The number of likely N-dealkylation sites (tertiary alicyclic amines) is 1. The van der Waals surface area contributed by atoms with E-state index in [2.05, 4.69) is 4.90 Å². The Bertz CT molecular complexity index is 547. The van der Waals surface area contributed by atoms with Gasteiger partial charge in [-0.1, -0.05) is 11.6 Å². The summed E-state index contributed by atoms with van der Waals surface area (Å²) < 4.78 is 10.6. The second-order valence-corrected chi connectivity index (χ2v) is 6.19. The standard InChI is InChI=1S/C16H20ClNO3/c1-20-16(19)12-3-2-5-18(9-12)10-13-8-14(17)7-11-4-6-21-15(11)13/h7-8,12H,2-6,9-10H2,1H3/t12-/m0/s1. The summed E-state index contributed by atoms with van der Waals surface area (Å²) in [6.07, 6.45) is 2.85. The Morgan fingerprint density at radius 1 is 1.52 bits per heavy atom. The van der Waals surface area contributed by atoms with Crippen LogP contribution in [0.5, 0.6) is 5.75 Å². The summed E-state index contributed by atoms with van der Waals surface area (Å²) in [5, 5.41) is 0.760. The van der Waals surface area contributed by atoms with E-state index in [0.29, 0.717) is 0 Å². The van der Waals surface area contributed by atoms with Crippen LogP contribution >= 0.6 is 11.6 Å². The van der Waals surface area contributed by atoms with Gasteiger partial charge in [-0.15, -0.1) is 0 Å². The Labute approximate surface area is 130 Å². The van der Waals surface area contributed by atoms with E-state index >= 15 is 0 Å². The zero-order chi connectivity index (χ0) is 14.8. The predicted octanol–water partition coefficient (Wildman–Crippen LogP) is 2.66. The van der Waals surface area contributed by atoms with E-state index in [1.165, 1.54) is 12.7 Å². The maximum atomic E-state index is 11.7. The van der Waals surface area contributed by atoms with Crippen molar-refractivity contribution in [2.45, 2.75) is 25.8 Å². The van der Waals surface area contributed by atoms with Crippen molar-refractivity contribution in [3.63, 3.8) is 0 Å². The number of carbonyl (C=O) groups is 1. The van der Waals surface area contributed by atoms with Crippen LogP contribution < -0.4 is 4.74 Å². The number of halogens is 1. The third kappa shape index (κ3) is 3.16. The summed E-state index contributed by atoms with van der Waals surface area (Å²) in [5.41, 5.74) is 2.32. The van der Waals surface area contributed by atoms with E-state index in [9.17, 15) is 4.79 Å². The number of rotatable bonds is 3. The normalized spacial score (nSPS) is 21.7. The highest BCUT2D eigenvalue weighted by Gasteiger charge is 2.27. The Morgan fingerprint density at radius 3 is 3.19 bits per heavy atom. The molecule has 0 unspecified atom stereocenters. The summed E-state index contributed by atoms with van der Waals surface area (Å²) >= 11 is 6.20. The molecule has 0 aromatic heterocycles. The molecule has 0 bridgehead atoms. The number of hydrogen-bond acceptors (Lipinski definition) is 4. The number of piperidine rings is 1. The maximum Gasteiger partial charge on any atom is 0.309 e. The van der Waals surface area contributed by atoms with Crippen LogP contribution in [0.4, 0.5) is 0 Å². The van der Waals surface area contributed by atoms with E-state index in [1.54, 1.807) is 0 Å². The third-order valence-corrected chi connectivity index (χ3v) is 4.48. The Balaban J connectivity index is 1.73. The minimum atomic E-state index is -0.104. The minimum Gasteiger partial charge on any atom is -0.493 e. The van der Waals surface area contributed by atoms with Crippen molar-refractivity contribution in [3.05, 3.63) is 28.3 Å². The van der Waals surface area contributed by atoms with Gasteiger partial charge >= 0.3 is 5.97 Å². The molecule has 1 atom stereocenters. The number of fused-ring (bicyclic) bond motifs is 1. The molecular formula is C16H20ClNO3. The second-order valence-electron chi connectivity index (χ2n) is 5.75. The molecular weight excluding hydrogens is 290 g/mol. The molecule has 2 aliphatic heterocycles. The third-order valence-electron chi connectivity index (χ3n) is 4.26. The van der Waals surface area contributed by atoms with Crippen LogP contribution in [0.15, 0.2) is 12.1 Å². The van der Waals surface area contributed by atoms with E-state index in [-0.39, 0.29) is 11.9 Å². The number of ether oxygens (including phenoxy) is 2. The smallest absolute Gasteiger partial charge is 0.309 e. The van der Waals surface area contributed by atoms with Crippen LogP contribution in [-0.4, -0.2) is 37.7 Å². The minimum absolute atomic E-state index is 0.0168. The lowest BCUT2D eigenvalue weighted by molar-refractivity contribution is -0.147. The summed E-state index contributed by atoms with van der Waals surface area (Å²) in [4.78, 5) is 14.0. The molecule has 1 aromatic carbocycles. The van der Waals surface area contributed by atoms with Gasteiger partial charge in [-0.3, -0.25) is 9.69 Å². The lowest BCUT2D eigenvalue weighted by atomic mass is 9.97. The summed E-state index contributed by atoms with van der Waals surface area (Å²) in [5.74, 6) is 0.865. The monoisotopic (exact) mass is 309 g/mol. The van der Waals surface area contributed by atoms with Crippen molar-refractivity contribution in [1.82, 2.24) is 4.90 Å². The molecule has 0 spiro atoms. The van der Waals surface area contributed by atoms with Crippen LogP contribution in [0.1, 0.15) is 24.0 Å². The van der Waals surface area contributed by atoms with E-state index < -0.39 is 0 Å². The van der Waals surface area contributed by atoms with Crippen LogP contribution in [0.2, 0.25) is 5.02 Å². The highest BCUT2D eigenvalue weighted by molar-refractivity contribution is 6.30. The first-order chi connectivity index (χ1) is 10.2. The Kier molecular flexibility index (Phi) is 4.36. The highest BCUT2D eigenvalue weighted by Crippen LogP contribution is 2.34. The molecule has 2 aliphatic rings. The number of methoxy groups -OCH3 is 1. The van der Waals surface area contributed by atoms with Crippen LogP contribution in [0, 0.1) is 5.92 Å². The topological polar surface area (TPSA) is 38.8 Å². The molecule has 0 amide bonds. The number of benzene rings is 1. The number of hydrogen-bond donors (Lipinski definition) is 0. The van der Waals surface area contributed by atoms with Crippen molar-refractivity contribution in [2.24, 2.45) is 5.92 Å². The van der Waals surface area contributed by atoms with E-state index in [0.717, 1.165) is 61.8 Å². The van der Waals surface area contributed by atoms with E-state index in [4.69, 9.17) is 21.1 Å². The molecule has 3 rings (SSSR count). The predicted molar refractivity (Wildman–Crippen MR) is 80.7 cm³/mol. The largest absolute Gasteiger partial charge is 0.493 e. The molecule has 0 saturated carbocycles. The van der Waals surface area contributed by atoms with Crippen molar-refractivity contribution < 1.29 is 14.3 Å². The van der Waals surface area contributed by atoms with Crippen molar-refractivity contribution in [1.29, 1.82) is 0 Å². The molecule has 114 valence electrons. The first-order valence-corrected chi connectivity index (χ1v) is 7.79. The lowest BCUT2D eigenvalue weighted by Gasteiger charge is -2.31. The molecule has 1 saturated heterocycles. The molecule has 21 heavy (non-hydrogen) atoms. The van der Waals surface area contributed by atoms with Crippen LogP contribution in [-0.2, 0) is 22.5 Å². The van der Waals surface area contributed by atoms with Crippen molar-refractivity contribution in [2.75, 3.05) is 26.8 Å². The highest BCUT2D eigenvalue weighted by atomic mass is 35.5. The van der Waals surface area contributed by atoms with Gasteiger partial charge < -0.3 is 9.47 Å². The number of carbonyl (C=O) groups excluding carboxylic acids is 1.